The summed E-state index contributed by atoms with van der Waals surface area (Å²) in [6, 6.07) is 8.76. The van der Waals surface area contributed by atoms with Gasteiger partial charge in [0.1, 0.15) is 10.4 Å². The first-order valence-electron chi connectivity index (χ1n) is 5.94. The van der Waals surface area contributed by atoms with Gasteiger partial charge >= 0.3 is 5.97 Å². The van der Waals surface area contributed by atoms with Gasteiger partial charge in [0, 0.05) is 5.56 Å². The average Bonchev–Trinajstić information content (AvgIpc) is 2.74. The molecule has 0 aliphatic carbocycles. The van der Waals surface area contributed by atoms with Gasteiger partial charge in [0.25, 0.3) is 0 Å². The maximum absolute atomic E-state index is 12.4. The lowest BCUT2D eigenvalue weighted by molar-refractivity contribution is 0.0524. The van der Waals surface area contributed by atoms with E-state index in [0.29, 0.717) is 14.6 Å². The fourth-order valence-corrected chi connectivity index (χ4v) is 3.12. The summed E-state index contributed by atoms with van der Waals surface area (Å²) < 4.78 is 5.31. The summed E-state index contributed by atoms with van der Waals surface area (Å²) in [6.45, 7) is 1.94. The Morgan fingerprint density at radius 2 is 1.95 bits per heavy atom. The summed E-state index contributed by atoms with van der Waals surface area (Å²) >= 11 is 5.30. The summed E-state index contributed by atoms with van der Waals surface area (Å²) in [7, 11) is 0. The highest BCUT2D eigenvalue weighted by Gasteiger charge is 2.25. The Morgan fingerprint density at radius 3 is 2.55 bits per heavy atom. The molecular weight excluding hydrogens is 294 g/mol. The van der Waals surface area contributed by atoms with E-state index in [9.17, 15) is 9.59 Å². The highest BCUT2D eigenvalue weighted by molar-refractivity contribution is 7.83. The van der Waals surface area contributed by atoms with E-state index in [1.54, 1.807) is 31.2 Å². The minimum atomic E-state index is -0.557. The van der Waals surface area contributed by atoms with Crippen LogP contribution in [0.5, 0.6) is 0 Å². The van der Waals surface area contributed by atoms with Crippen LogP contribution in [-0.2, 0) is 4.74 Å². The molecule has 2 aromatic rings. The van der Waals surface area contributed by atoms with Gasteiger partial charge in [-0.05, 0) is 6.92 Å². The van der Waals surface area contributed by atoms with Gasteiger partial charge in [0.2, 0.25) is 5.78 Å². The van der Waals surface area contributed by atoms with Crippen LogP contribution < -0.4 is 5.73 Å². The lowest BCUT2D eigenvalue weighted by atomic mass is 10.1. The third kappa shape index (κ3) is 2.71. The number of rotatable bonds is 4. The number of hydrogen-bond acceptors (Lipinski definition) is 6. The van der Waals surface area contributed by atoms with E-state index < -0.39 is 5.97 Å². The summed E-state index contributed by atoms with van der Waals surface area (Å²) in [4.78, 5) is 24.5. The molecule has 0 aliphatic heterocycles. The Balaban J connectivity index is 2.42. The number of nitrogen functional groups attached to an aromatic ring is 1. The number of carbonyl (C=O) groups is 2. The molecule has 0 unspecified atom stereocenters. The minimum Gasteiger partial charge on any atom is -0.462 e. The van der Waals surface area contributed by atoms with E-state index >= 15 is 0 Å². The van der Waals surface area contributed by atoms with Crippen molar-refractivity contribution in [2.45, 2.75) is 11.1 Å². The number of benzene rings is 1. The van der Waals surface area contributed by atoms with Crippen LogP contribution in [0.25, 0.3) is 0 Å². The van der Waals surface area contributed by atoms with Crippen LogP contribution in [0.2, 0.25) is 0 Å². The molecule has 20 heavy (non-hydrogen) atoms. The number of thiophene rings is 1. The van der Waals surface area contributed by atoms with Crippen molar-refractivity contribution in [3.8, 4) is 0 Å². The summed E-state index contributed by atoms with van der Waals surface area (Å²) in [6.07, 6.45) is 0. The fourth-order valence-electron chi connectivity index (χ4n) is 1.72. The van der Waals surface area contributed by atoms with Crippen molar-refractivity contribution in [2.24, 2.45) is 0 Å². The van der Waals surface area contributed by atoms with Gasteiger partial charge in [-0.3, -0.25) is 4.79 Å². The van der Waals surface area contributed by atoms with Crippen LogP contribution >= 0.6 is 24.0 Å². The van der Waals surface area contributed by atoms with Crippen LogP contribution in [-0.4, -0.2) is 18.4 Å². The molecule has 0 saturated carbocycles. The summed E-state index contributed by atoms with van der Waals surface area (Å²) in [5.41, 5.74) is 6.73. The fraction of sp³-hybridized carbons (Fsp3) is 0.143. The van der Waals surface area contributed by atoms with E-state index in [1.165, 1.54) is 0 Å². The lowest BCUT2D eigenvalue weighted by Gasteiger charge is -2.02. The number of thiol groups is 1. The molecule has 0 atom stereocenters. The maximum atomic E-state index is 12.4. The minimum absolute atomic E-state index is 0.132. The standard InChI is InChI=1S/C14H13NO3S2/c1-2-18-13(17)9-10(15)12(20-14(9)19)11(16)8-6-4-3-5-7-8/h3-7,19H,2,15H2,1H3. The molecule has 1 heterocycles. The van der Waals surface area contributed by atoms with Crippen LogP contribution in [0, 0.1) is 0 Å². The normalized spacial score (nSPS) is 10.3. The zero-order valence-electron chi connectivity index (χ0n) is 10.8. The Hall–Kier alpha value is -1.79. The first-order chi connectivity index (χ1) is 9.56. The molecule has 104 valence electrons. The van der Waals surface area contributed by atoms with Crippen molar-refractivity contribution in [2.75, 3.05) is 12.3 Å². The predicted molar refractivity (Wildman–Crippen MR) is 81.8 cm³/mol. The molecule has 0 spiro atoms. The second-order valence-electron chi connectivity index (χ2n) is 3.94. The molecule has 6 heteroatoms. The monoisotopic (exact) mass is 307 g/mol. The molecule has 0 radical (unpaired) electrons. The van der Waals surface area contributed by atoms with Gasteiger partial charge in [-0.25, -0.2) is 4.79 Å². The second kappa shape index (κ2) is 6.11. The molecule has 0 fully saturated rings. The molecular formula is C14H13NO3S2. The van der Waals surface area contributed by atoms with Gasteiger partial charge in [-0.1, -0.05) is 30.3 Å². The topological polar surface area (TPSA) is 69.4 Å². The number of esters is 1. The Kier molecular flexibility index (Phi) is 4.46. The highest BCUT2D eigenvalue weighted by atomic mass is 32.2. The number of ketones is 1. The van der Waals surface area contributed by atoms with E-state index in [-0.39, 0.29) is 23.6 Å². The second-order valence-corrected chi connectivity index (χ2v) is 5.71. The van der Waals surface area contributed by atoms with Crippen LogP contribution in [0.1, 0.15) is 32.5 Å². The molecule has 2 rings (SSSR count). The third-order valence-electron chi connectivity index (χ3n) is 2.65. The Morgan fingerprint density at radius 1 is 1.30 bits per heavy atom. The zero-order valence-corrected chi connectivity index (χ0v) is 12.5. The first-order valence-corrected chi connectivity index (χ1v) is 7.20. The van der Waals surface area contributed by atoms with Gasteiger partial charge in [0.15, 0.2) is 0 Å². The van der Waals surface area contributed by atoms with Gasteiger partial charge in [-0.15, -0.1) is 24.0 Å². The third-order valence-corrected chi connectivity index (χ3v) is 4.15. The van der Waals surface area contributed by atoms with Gasteiger partial charge in [0.05, 0.1) is 16.5 Å². The Labute approximate surface area is 126 Å². The molecule has 1 aromatic heterocycles. The largest absolute Gasteiger partial charge is 0.462 e. The maximum Gasteiger partial charge on any atom is 0.342 e. The first kappa shape index (κ1) is 14.6. The van der Waals surface area contributed by atoms with Crippen molar-refractivity contribution in [3.05, 3.63) is 46.3 Å². The molecule has 0 aliphatic rings. The number of hydrogen-bond donors (Lipinski definition) is 2. The molecule has 2 N–H and O–H groups in total. The molecule has 4 nitrogen and oxygen atoms in total. The lowest BCUT2D eigenvalue weighted by Crippen LogP contribution is -2.09. The van der Waals surface area contributed by atoms with Crippen LogP contribution in [0.3, 0.4) is 0 Å². The molecule has 1 aromatic carbocycles. The predicted octanol–water partition coefficient (Wildman–Crippen LogP) is 3.03. The van der Waals surface area contributed by atoms with Gasteiger partial charge < -0.3 is 10.5 Å². The zero-order chi connectivity index (χ0) is 14.7. The molecule has 0 saturated heterocycles. The van der Waals surface area contributed by atoms with Crippen molar-refractivity contribution < 1.29 is 14.3 Å². The molecule has 0 bridgehead atoms. The Bertz CT molecular complexity index is 650. The van der Waals surface area contributed by atoms with E-state index in [4.69, 9.17) is 10.5 Å². The summed E-state index contributed by atoms with van der Waals surface area (Å²) in [5, 5.41) is 0. The van der Waals surface area contributed by atoms with Crippen molar-refractivity contribution in [3.63, 3.8) is 0 Å². The van der Waals surface area contributed by atoms with Crippen LogP contribution in [0.4, 0.5) is 5.69 Å². The number of anilines is 1. The highest BCUT2D eigenvalue weighted by Crippen LogP contribution is 2.35. The van der Waals surface area contributed by atoms with E-state index in [0.717, 1.165) is 11.3 Å². The number of carbonyl (C=O) groups excluding carboxylic acids is 2. The van der Waals surface area contributed by atoms with E-state index in [2.05, 4.69) is 12.6 Å². The van der Waals surface area contributed by atoms with E-state index in [1.807, 2.05) is 6.07 Å². The quantitative estimate of drug-likeness (QED) is 0.517. The van der Waals surface area contributed by atoms with Crippen molar-refractivity contribution in [1.29, 1.82) is 0 Å². The number of ether oxygens (including phenoxy) is 1. The SMILES string of the molecule is CCOC(=O)c1c(S)sc(C(=O)c2ccccc2)c1N. The van der Waals surface area contributed by atoms with Crippen molar-refractivity contribution >= 4 is 41.4 Å². The summed E-state index contributed by atoms with van der Waals surface area (Å²) in [5.74, 6) is -0.780. The average molecular weight is 307 g/mol. The van der Waals surface area contributed by atoms with Crippen LogP contribution in [0.15, 0.2) is 34.5 Å². The van der Waals surface area contributed by atoms with Crippen molar-refractivity contribution in [1.82, 2.24) is 0 Å². The number of nitrogens with two attached hydrogens (primary N) is 1. The van der Waals surface area contributed by atoms with Gasteiger partial charge in [-0.2, -0.15) is 0 Å². The smallest absolute Gasteiger partial charge is 0.342 e. The molecule has 0 amide bonds.